The van der Waals surface area contributed by atoms with Gasteiger partial charge in [-0.25, -0.2) is 4.79 Å². The van der Waals surface area contributed by atoms with Crippen molar-refractivity contribution in [3.63, 3.8) is 0 Å². The highest BCUT2D eigenvalue weighted by atomic mass is 16.5. The minimum atomic E-state index is -0.466. The third kappa shape index (κ3) is 3.98. The normalized spacial score (nSPS) is 10.4. The average Bonchev–Trinajstić information content (AvgIpc) is 2.76. The molecular formula is C10H17N3O3. The van der Waals surface area contributed by atoms with Gasteiger partial charge in [0.25, 0.3) is 0 Å². The fourth-order valence-corrected chi connectivity index (χ4v) is 1.34. The van der Waals surface area contributed by atoms with Gasteiger partial charge >= 0.3 is 5.97 Å². The summed E-state index contributed by atoms with van der Waals surface area (Å²) in [6, 6.07) is 0. The van der Waals surface area contributed by atoms with Gasteiger partial charge < -0.3 is 9.84 Å². The van der Waals surface area contributed by atoms with E-state index in [2.05, 4.69) is 15.0 Å². The van der Waals surface area contributed by atoms with Crippen molar-refractivity contribution in [2.75, 3.05) is 13.7 Å². The quantitative estimate of drug-likeness (QED) is 0.545. The predicted octanol–water partition coefficient (Wildman–Crippen LogP) is 0.617. The highest BCUT2D eigenvalue weighted by Gasteiger charge is 2.09. The second-order valence-electron chi connectivity index (χ2n) is 3.50. The molecule has 0 fully saturated rings. The molecule has 0 aliphatic carbocycles. The van der Waals surface area contributed by atoms with Crippen LogP contribution in [0.2, 0.25) is 0 Å². The number of unbranched alkanes of at least 4 members (excludes halogenated alkanes) is 3. The van der Waals surface area contributed by atoms with E-state index in [1.165, 1.54) is 7.11 Å². The Morgan fingerprint density at radius 2 is 2.19 bits per heavy atom. The van der Waals surface area contributed by atoms with E-state index in [9.17, 15) is 4.79 Å². The number of rotatable bonds is 7. The van der Waals surface area contributed by atoms with Crippen LogP contribution in [0.4, 0.5) is 0 Å². The van der Waals surface area contributed by atoms with Crippen LogP contribution in [0.1, 0.15) is 36.2 Å². The average molecular weight is 227 g/mol. The molecule has 1 rings (SSSR count). The summed E-state index contributed by atoms with van der Waals surface area (Å²) in [5, 5.41) is 16.1. The number of hydrogen-bond acceptors (Lipinski definition) is 5. The molecule has 6 nitrogen and oxygen atoms in total. The summed E-state index contributed by atoms with van der Waals surface area (Å²) in [6.45, 7) is 0.977. The minimum absolute atomic E-state index is 0.234. The smallest absolute Gasteiger partial charge is 0.360 e. The monoisotopic (exact) mass is 227 g/mol. The predicted molar refractivity (Wildman–Crippen MR) is 56.9 cm³/mol. The summed E-state index contributed by atoms with van der Waals surface area (Å²) >= 11 is 0. The second-order valence-corrected chi connectivity index (χ2v) is 3.50. The summed E-state index contributed by atoms with van der Waals surface area (Å²) in [4.78, 5) is 11.1. The SMILES string of the molecule is COC(=O)c1cn(CCCCCCO)nn1. The van der Waals surface area contributed by atoms with E-state index in [1.807, 2.05) is 0 Å². The van der Waals surface area contributed by atoms with Crippen LogP contribution in [-0.2, 0) is 11.3 Å². The van der Waals surface area contributed by atoms with Gasteiger partial charge in [0.05, 0.1) is 13.3 Å². The van der Waals surface area contributed by atoms with Gasteiger partial charge in [0.2, 0.25) is 0 Å². The van der Waals surface area contributed by atoms with Gasteiger partial charge in [-0.1, -0.05) is 18.1 Å². The Hall–Kier alpha value is -1.43. The Morgan fingerprint density at radius 3 is 2.88 bits per heavy atom. The van der Waals surface area contributed by atoms with Crippen LogP contribution in [0.3, 0.4) is 0 Å². The molecule has 16 heavy (non-hydrogen) atoms. The fraction of sp³-hybridized carbons (Fsp3) is 0.700. The molecule has 0 radical (unpaired) electrons. The molecule has 0 spiro atoms. The van der Waals surface area contributed by atoms with E-state index in [-0.39, 0.29) is 12.3 Å². The van der Waals surface area contributed by atoms with Gasteiger partial charge in [-0.05, 0) is 12.8 Å². The largest absolute Gasteiger partial charge is 0.464 e. The number of carbonyl (C=O) groups is 1. The lowest BCUT2D eigenvalue weighted by Crippen LogP contribution is -2.01. The molecule has 0 bridgehead atoms. The van der Waals surface area contributed by atoms with Crippen LogP contribution in [0.25, 0.3) is 0 Å². The topological polar surface area (TPSA) is 77.2 Å². The van der Waals surface area contributed by atoms with Crippen LogP contribution in [0, 0.1) is 0 Å². The van der Waals surface area contributed by atoms with E-state index >= 15 is 0 Å². The standard InChI is InChI=1S/C10H17N3O3/c1-16-10(15)9-8-13(12-11-9)6-4-2-3-5-7-14/h8,14H,2-7H2,1H3. The zero-order chi connectivity index (χ0) is 11.8. The lowest BCUT2D eigenvalue weighted by molar-refractivity contribution is 0.0594. The zero-order valence-corrected chi connectivity index (χ0v) is 9.43. The van der Waals surface area contributed by atoms with Gasteiger partial charge in [0.15, 0.2) is 5.69 Å². The molecule has 0 unspecified atom stereocenters. The Balaban J connectivity index is 2.27. The number of esters is 1. The van der Waals surface area contributed by atoms with Crippen molar-refractivity contribution < 1.29 is 14.6 Å². The maximum Gasteiger partial charge on any atom is 0.360 e. The molecule has 1 heterocycles. The Bertz CT molecular complexity index is 325. The van der Waals surface area contributed by atoms with E-state index in [4.69, 9.17) is 5.11 Å². The summed E-state index contributed by atoms with van der Waals surface area (Å²) in [5.74, 6) is -0.466. The highest BCUT2D eigenvalue weighted by Crippen LogP contribution is 2.02. The van der Waals surface area contributed by atoms with Crippen molar-refractivity contribution in [1.29, 1.82) is 0 Å². The van der Waals surface area contributed by atoms with E-state index in [0.29, 0.717) is 0 Å². The lowest BCUT2D eigenvalue weighted by Gasteiger charge is -1.99. The molecule has 0 aromatic carbocycles. The minimum Gasteiger partial charge on any atom is -0.464 e. The van der Waals surface area contributed by atoms with Crippen molar-refractivity contribution in [3.05, 3.63) is 11.9 Å². The molecule has 0 saturated heterocycles. The molecule has 0 saturated carbocycles. The van der Waals surface area contributed by atoms with Crippen molar-refractivity contribution in [3.8, 4) is 0 Å². The third-order valence-corrected chi connectivity index (χ3v) is 2.23. The number of carbonyl (C=O) groups excluding carboxylic acids is 1. The van der Waals surface area contributed by atoms with Gasteiger partial charge in [0, 0.05) is 13.2 Å². The van der Waals surface area contributed by atoms with Crippen LogP contribution in [-0.4, -0.2) is 39.8 Å². The maximum atomic E-state index is 11.1. The number of aliphatic hydroxyl groups is 1. The lowest BCUT2D eigenvalue weighted by atomic mass is 10.2. The van der Waals surface area contributed by atoms with Gasteiger partial charge in [0.1, 0.15) is 0 Å². The molecular weight excluding hydrogens is 210 g/mol. The molecule has 6 heteroatoms. The Labute approximate surface area is 94.2 Å². The van der Waals surface area contributed by atoms with Crippen LogP contribution in [0.15, 0.2) is 6.20 Å². The number of hydrogen-bond donors (Lipinski definition) is 1. The molecule has 90 valence electrons. The first-order valence-electron chi connectivity index (χ1n) is 5.37. The first-order valence-corrected chi connectivity index (χ1v) is 5.37. The van der Waals surface area contributed by atoms with Gasteiger partial charge in [-0.2, -0.15) is 0 Å². The van der Waals surface area contributed by atoms with Crippen LogP contribution >= 0.6 is 0 Å². The van der Waals surface area contributed by atoms with E-state index in [1.54, 1.807) is 10.9 Å². The van der Waals surface area contributed by atoms with Crippen molar-refractivity contribution >= 4 is 5.97 Å². The zero-order valence-electron chi connectivity index (χ0n) is 9.43. The van der Waals surface area contributed by atoms with Crippen molar-refractivity contribution in [1.82, 2.24) is 15.0 Å². The molecule has 1 aromatic rings. The molecule has 1 aromatic heterocycles. The molecule has 0 amide bonds. The molecule has 1 N–H and O–H groups in total. The van der Waals surface area contributed by atoms with Crippen molar-refractivity contribution in [2.45, 2.75) is 32.2 Å². The first-order chi connectivity index (χ1) is 7.77. The number of aromatic nitrogens is 3. The van der Waals surface area contributed by atoms with E-state index < -0.39 is 5.97 Å². The second kappa shape index (κ2) is 6.95. The Kier molecular flexibility index (Phi) is 5.49. The number of methoxy groups -OCH3 is 1. The first kappa shape index (κ1) is 12.6. The Morgan fingerprint density at radius 1 is 1.44 bits per heavy atom. The van der Waals surface area contributed by atoms with Gasteiger partial charge in [-0.15, -0.1) is 5.10 Å². The fourth-order valence-electron chi connectivity index (χ4n) is 1.34. The summed E-state index contributed by atoms with van der Waals surface area (Å²) in [5.41, 5.74) is 0.234. The molecule has 0 aliphatic heterocycles. The number of nitrogens with zero attached hydrogens (tertiary/aromatic N) is 3. The number of aliphatic hydroxyl groups excluding tert-OH is 1. The maximum absolute atomic E-state index is 11.1. The number of aryl methyl sites for hydroxylation is 1. The summed E-state index contributed by atoms with van der Waals surface area (Å²) in [6.07, 6.45) is 5.43. The van der Waals surface area contributed by atoms with Gasteiger partial charge in [-0.3, -0.25) is 4.68 Å². The third-order valence-electron chi connectivity index (χ3n) is 2.23. The summed E-state index contributed by atoms with van der Waals surface area (Å²) < 4.78 is 6.15. The highest BCUT2D eigenvalue weighted by molar-refractivity contribution is 5.86. The van der Waals surface area contributed by atoms with E-state index in [0.717, 1.165) is 32.2 Å². The van der Waals surface area contributed by atoms with Crippen molar-refractivity contribution in [2.24, 2.45) is 0 Å². The number of ether oxygens (including phenoxy) is 1. The van der Waals surface area contributed by atoms with Crippen LogP contribution < -0.4 is 0 Å². The molecule has 0 aliphatic rings. The molecule has 0 atom stereocenters. The van der Waals surface area contributed by atoms with Crippen LogP contribution in [0.5, 0.6) is 0 Å². The summed E-state index contributed by atoms with van der Waals surface area (Å²) in [7, 11) is 1.32.